The van der Waals surface area contributed by atoms with E-state index in [0.717, 1.165) is 19.5 Å². The maximum atomic E-state index is 12.0. The molecule has 0 aromatic heterocycles. The highest BCUT2D eigenvalue weighted by atomic mass is 19.1. The average molecular weight is 147 g/mol. The largest absolute Gasteiger partial charge is 0.395 e. The first-order valence-corrected chi connectivity index (χ1v) is 3.76. The molecule has 0 amide bonds. The van der Waals surface area contributed by atoms with Gasteiger partial charge in [-0.05, 0) is 13.0 Å². The normalized spacial score (nSPS) is 27.6. The average Bonchev–Trinajstić information content (AvgIpc) is 2.37. The third-order valence-corrected chi connectivity index (χ3v) is 2.00. The quantitative estimate of drug-likeness (QED) is 0.619. The standard InChI is InChI=1S/C7H14FNO/c8-5-7-1-2-9(6-7)3-4-10/h7,10H,1-6H2. The predicted octanol–water partition coefficient (Wildman–Crippen LogP) is 0.270. The molecule has 1 fully saturated rings. The van der Waals surface area contributed by atoms with Crippen LogP contribution in [-0.2, 0) is 0 Å². The van der Waals surface area contributed by atoms with Crippen molar-refractivity contribution in [2.75, 3.05) is 32.9 Å². The van der Waals surface area contributed by atoms with Gasteiger partial charge in [0.1, 0.15) is 0 Å². The Labute approximate surface area is 60.6 Å². The number of nitrogens with zero attached hydrogens (tertiary/aromatic N) is 1. The summed E-state index contributed by atoms with van der Waals surface area (Å²) in [6.07, 6.45) is 0.955. The zero-order valence-electron chi connectivity index (χ0n) is 6.09. The lowest BCUT2D eigenvalue weighted by atomic mass is 10.1. The molecule has 0 bridgehead atoms. The van der Waals surface area contributed by atoms with E-state index in [-0.39, 0.29) is 19.2 Å². The second-order valence-corrected chi connectivity index (χ2v) is 2.83. The molecule has 1 saturated heterocycles. The van der Waals surface area contributed by atoms with E-state index in [9.17, 15) is 4.39 Å². The number of likely N-dealkylation sites (tertiary alicyclic amines) is 1. The fourth-order valence-corrected chi connectivity index (χ4v) is 1.38. The van der Waals surface area contributed by atoms with Crippen molar-refractivity contribution in [3.05, 3.63) is 0 Å². The molecule has 0 radical (unpaired) electrons. The minimum atomic E-state index is -0.206. The van der Waals surface area contributed by atoms with Crippen LogP contribution in [0.25, 0.3) is 0 Å². The molecule has 1 aliphatic rings. The molecule has 0 aromatic rings. The Morgan fingerprint density at radius 2 is 2.40 bits per heavy atom. The van der Waals surface area contributed by atoms with Crippen LogP contribution in [0.5, 0.6) is 0 Å². The van der Waals surface area contributed by atoms with Crippen LogP contribution >= 0.6 is 0 Å². The van der Waals surface area contributed by atoms with Crippen molar-refractivity contribution in [3.8, 4) is 0 Å². The third-order valence-electron chi connectivity index (χ3n) is 2.00. The van der Waals surface area contributed by atoms with Crippen LogP contribution in [0.4, 0.5) is 4.39 Å². The predicted molar refractivity (Wildman–Crippen MR) is 37.6 cm³/mol. The molecule has 0 aliphatic carbocycles. The zero-order valence-corrected chi connectivity index (χ0v) is 6.09. The highest BCUT2D eigenvalue weighted by Crippen LogP contribution is 2.15. The SMILES string of the molecule is OCCN1CCC(CF)C1. The second kappa shape index (κ2) is 3.88. The van der Waals surface area contributed by atoms with E-state index in [2.05, 4.69) is 4.90 Å². The second-order valence-electron chi connectivity index (χ2n) is 2.83. The number of rotatable bonds is 3. The molecule has 2 nitrogen and oxygen atoms in total. The number of hydrogen-bond donors (Lipinski definition) is 1. The van der Waals surface area contributed by atoms with Crippen LogP contribution < -0.4 is 0 Å². The lowest BCUT2D eigenvalue weighted by Crippen LogP contribution is -2.24. The summed E-state index contributed by atoms with van der Waals surface area (Å²) < 4.78 is 12.0. The summed E-state index contributed by atoms with van der Waals surface area (Å²) in [5.41, 5.74) is 0. The van der Waals surface area contributed by atoms with Gasteiger partial charge in [-0.25, -0.2) is 0 Å². The lowest BCUT2D eigenvalue weighted by molar-refractivity contribution is 0.214. The Morgan fingerprint density at radius 3 is 2.90 bits per heavy atom. The minimum Gasteiger partial charge on any atom is -0.395 e. The maximum absolute atomic E-state index is 12.0. The molecule has 0 aromatic carbocycles. The Bertz CT molecular complexity index is 99.6. The van der Waals surface area contributed by atoms with Gasteiger partial charge in [0.15, 0.2) is 0 Å². The van der Waals surface area contributed by atoms with Crippen molar-refractivity contribution < 1.29 is 9.50 Å². The van der Waals surface area contributed by atoms with Crippen molar-refractivity contribution >= 4 is 0 Å². The molecular weight excluding hydrogens is 133 g/mol. The van der Waals surface area contributed by atoms with Gasteiger partial charge >= 0.3 is 0 Å². The van der Waals surface area contributed by atoms with E-state index in [4.69, 9.17) is 5.11 Å². The molecule has 1 unspecified atom stereocenters. The number of hydrogen-bond acceptors (Lipinski definition) is 2. The number of aliphatic hydroxyl groups excluding tert-OH is 1. The Morgan fingerprint density at radius 1 is 1.60 bits per heavy atom. The molecule has 1 heterocycles. The lowest BCUT2D eigenvalue weighted by Gasteiger charge is -2.12. The van der Waals surface area contributed by atoms with Crippen LogP contribution in [0.1, 0.15) is 6.42 Å². The van der Waals surface area contributed by atoms with Crippen LogP contribution in [0.3, 0.4) is 0 Å². The van der Waals surface area contributed by atoms with Gasteiger partial charge in [0.2, 0.25) is 0 Å². The van der Waals surface area contributed by atoms with Gasteiger partial charge in [-0.2, -0.15) is 0 Å². The molecule has 1 rings (SSSR count). The molecule has 0 saturated carbocycles. The molecule has 0 spiro atoms. The summed E-state index contributed by atoms with van der Waals surface area (Å²) in [5, 5.41) is 8.55. The Balaban J connectivity index is 2.15. The maximum Gasteiger partial charge on any atom is 0.0935 e. The fourth-order valence-electron chi connectivity index (χ4n) is 1.38. The minimum absolute atomic E-state index is 0.193. The first kappa shape index (κ1) is 7.95. The summed E-state index contributed by atoms with van der Waals surface area (Å²) in [7, 11) is 0. The van der Waals surface area contributed by atoms with E-state index in [1.807, 2.05) is 0 Å². The van der Waals surface area contributed by atoms with E-state index in [1.165, 1.54) is 0 Å². The summed E-state index contributed by atoms with van der Waals surface area (Å²) >= 11 is 0. The van der Waals surface area contributed by atoms with E-state index >= 15 is 0 Å². The smallest absolute Gasteiger partial charge is 0.0935 e. The first-order valence-electron chi connectivity index (χ1n) is 3.76. The number of aliphatic hydroxyl groups is 1. The molecule has 1 N–H and O–H groups in total. The van der Waals surface area contributed by atoms with Gasteiger partial charge in [-0.1, -0.05) is 0 Å². The fraction of sp³-hybridized carbons (Fsp3) is 1.00. The third kappa shape index (κ3) is 1.92. The summed E-state index contributed by atoms with van der Waals surface area (Å²) in [6.45, 7) is 2.48. The zero-order chi connectivity index (χ0) is 7.40. The van der Waals surface area contributed by atoms with Crippen LogP contribution in [0.2, 0.25) is 0 Å². The highest BCUT2D eigenvalue weighted by Gasteiger charge is 2.20. The van der Waals surface area contributed by atoms with E-state index in [0.29, 0.717) is 6.54 Å². The van der Waals surface area contributed by atoms with Crippen molar-refractivity contribution in [3.63, 3.8) is 0 Å². The molecule has 1 aliphatic heterocycles. The van der Waals surface area contributed by atoms with Crippen molar-refractivity contribution in [2.45, 2.75) is 6.42 Å². The van der Waals surface area contributed by atoms with Crippen LogP contribution in [0, 0.1) is 5.92 Å². The van der Waals surface area contributed by atoms with Crippen molar-refractivity contribution in [2.24, 2.45) is 5.92 Å². The van der Waals surface area contributed by atoms with Gasteiger partial charge in [0, 0.05) is 19.0 Å². The Hall–Kier alpha value is -0.150. The number of halogens is 1. The summed E-state index contributed by atoms with van der Waals surface area (Å²) in [5.74, 6) is 0.228. The monoisotopic (exact) mass is 147 g/mol. The molecule has 60 valence electrons. The van der Waals surface area contributed by atoms with Gasteiger partial charge in [0.25, 0.3) is 0 Å². The summed E-state index contributed by atoms with van der Waals surface area (Å²) in [6, 6.07) is 0. The number of β-amino-alcohol motifs (C(OH)–C–C–N with tert-alkyl or cyclic N) is 1. The van der Waals surface area contributed by atoms with Crippen molar-refractivity contribution in [1.29, 1.82) is 0 Å². The molecule has 1 atom stereocenters. The highest BCUT2D eigenvalue weighted by molar-refractivity contribution is 4.74. The summed E-state index contributed by atoms with van der Waals surface area (Å²) in [4.78, 5) is 2.10. The van der Waals surface area contributed by atoms with Gasteiger partial charge in [-0.15, -0.1) is 0 Å². The van der Waals surface area contributed by atoms with Crippen LogP contribution in [-0.4, -0.2) is 42.9 Å². The van der Waals surface area contributed by atoms with E-state index in [1.54, 1.807) is 0 Å². The van der Waals surface area contributed by atoms with Crippen molar-refractivity contribution in [1.82, 2.24) is 4.90 Å². The first-order chi connectivity index (χ1) is 4.86. The topological polar surface area (TPSA) is 23.5 Å². The Kier molecular flexibility index (Phi) is 3.09. The van der Waals surface area contributed by atoms with Crippen LogP contribution in [0.15, 0.2) is 0 Å². The molecular formula is C7H14FNO. The molecule has 3 heteroatoms. The molecule has 10 heavy (non-hydrogen) atoms. The van der Waals surface area contributed by atoms with Gasteiger partial charge in [0.05, 0.1) is 13.3 Å². The van der Waals surface area contributed by atoms with Gasteiger partial charge < -0.3 is 10.0 Å². The van der Waals surface area contributed by atoms with Gasteiger partial charge in [-0.3, -0.25) is 4.39 Å². The van der Waals surface area contributed by atoms with E-state index < -0.39 is 0 Å². The number of alkyl halides is 1.